The zero-order chi connectivity index (χ0) is 20.7. The summed E-state index contributed by atoms with van der Waals surface area (Å²) in [4.78, 5) is 12.1. The molecule has 2 aromatic carbocycles. The predicted octanol–water partition coefficient (Wildman–Crippen LogP) is 6.10. The fourth-order valence-electron chi connectivity index (χ4n) is 3.10. The molecule has 0 amide bonds. The molecule has 0 atom stereocenters. The van der Waals surface area contributed by atoms with Gasteiger partial charge in [0.2, 0.25) is 0 Å². The van der Waals surface area contributed by atoms with E-state index in [4.69, 9.17) is 14.6 Å². The topological polar surface area (TPSA) is 55.8 Å². The standard InChI is InChI=1S/C25H34O4/c1-21-11-13-22(14-12-21)25(27)29-24-17-15-23(16-18-24)28-20-10-8-6-4-2-3-5-7-9-19-26/h11-18,26H,2-10,19-20H2,1H3. The van der Waals surface area contributed by atoms with Crippen molar-refractivity contribution >= 4 is 5.97 Å². The average Bonchev–Trinajstić information content (AvgIpc) is 2.73. The molecule has 0 radical (unpaired) electrons. The van der Waals surface area contributed by atoms with E-state index >= 15 is 0 Å². The number of benzene rings is 2. The van der Waals surface area contributed by atoms with Gasteiger partial charge in [-0.15, -0.1) is 0 Å². The number of carbonyl (C=O) groups is 1. The number of unbranched alkanes of at least 4 members (excludes halogenated alkanes) is 8. The van der Waals surface area contributed by atoms with Crippen LogP contribution in [0.2, 0.25) is 0 Å². The normalized spacial score (nSPS) is 10.7. The molecule has 4 nitrogen and oxygen atoms in total. The van der Waals surface area contributed by atoms with Crippen LogP contribution in [0.5, 0.6) is 11.5 Å². The van der Waals surface area contributed by atoms with Gasteiger partial charge in [-0.1, -0.05) is 62.6 Å². The van der Waals surface area contributed by atoms with Gasteiger partial charge in [0.25, 0.3) is 0 Å². The Kier molecular flexibility index (Phi) is 10.9. The maximum atomic E-state index is 12.1. The van der Waals surface area contributed by atoms with Crippen LogP contribution in [-0.2, 0) is 0 Å². The molecule has 0 unspecified atom stereocenters. The number of rotatable bonds is 14. The molecule has 0 aliphatic carbocycles. The molecular weight excluding hydrogens is 364 g/mol. The highest BCUT2D eigenvalue weighted by molar-refractivity contribution is 5.91. The largest absolute Gasteiger partial charge is 0.494 e. The smallest absolute Gasteiger partial charge is 0.343 e. The molecule has 0 fully saturated rings. The minimum atomic E-state index is -0.355. The third kappa shape index (κ3) is 9.62. The van der Waals surface area contributed by atoms with Crippen molar-refractivity contribution in [1.29, 1.82) is 0 Å². The number of hydrogen-bond acceptors (Lipinski definition) is 4. The molecule has 0 aromatic heterocycles. The lowest BCUT2D eigenvalue weighted by Gasteiger charge is -2.08. The van der Waals surface area contributed by atoms with E-state index in [1.807, 2.05) is 31.2 Å². The van der Waals surface area contributed by atoms with E-state index in [0.29, 0.717) is 24.5 Å². The molecular formula is C25H34O4. The average molecular weight is 399 g/mol. The van der Waals surface area contributed by atoms with Gasteiger partial charge in [0, 0.05) is 6.61 Å². The summed E-state index contributed by atoms with van der Waals surface area (Å²) in [5, 5.41) is 8.74. The number of aliphatic hydroxyl groups excluding tert-OH is 1. The third-order valence-corrected chi connectivity index (χ3v) is 4.89. The van der Waals surface area contributed by atoms with Gasteiger partial charge in [0.15, 0.2) is 0 Å². The second-order valence-electron chi connectivity index (χ2n) is 7.48. The van der Waals surface area contributed by atoms with E-state index in [-0.39, 0.29) is 5.97 Å². The molecule has 29 heavy (non-hydrogen) atoms. The maximum absolute atomic E-state index is 12.1. The van der Waals surface area contributed by atoms with Gasteiger partial charge in [-0.25, -0.2) is 4.79 Å². The second kappa shape index (κ2) is 13.8. The second-order valence-corrected chi connectivity index (χ2v) is 7.48. The molecule has 0 bridgehead atoms. The van der Waals surface area contributed by atoms with Crippen molar-refractivity contribution in [1.82, 2.24) is 0 Å². The lowest BCUT2D eigenvalue weighted by molar-refractivity contribution is 0.0734. The van der Waals surface area contributed by atoms with E-state index in [1.54, 1.807) is 24.3 Å². The van der Waals surface area contributed by atoms with Crippen LogP contribution in [0, 0.1) is 6.92 Å². The number of aryl methyl sites for hydroxylation is 1. The van der Waals surface area contributed by atoms with Gasteiger partial charge in [0.05, 0.1) is 12.2 Å². The van der Waals surface area contributed by atoms with Crippen molar-refractivity contribution in [3.8, 4) is 11.5 Å². The minimum absolute atomic E-state index is 0.321. The SMILES string of the molecule is Cc1ccc(C(=O)Oc2ccc(OCCCCCCCCCCCO)cc2)cc1. The Morgan fingerprint density at radius 3 is 1.83 bits per heavy atom. The summed E-state index contributed by atoms with van der Waals surface area (Å²) in [6.07, 6.45) is 10.6. The van der Waals surface area contributed by atoms with Crippen LogP contribution in [0.25, 0.3) is 0 Å². The summed E-state index contributed by atoms with van der Waals surface area (Å²) < 4.78 is 11.2. The first-order valence-corrected chi connectivity index (χ1v) is 10.8. The fourth-order valence-corrected chi connectivity index (χ4v) is 3.10. The molecule has 1 N–H and O–H groups in total. The van der Waals surface area contributed by atoms with Gasteiger partial charge in [0.1, 0.15) is 11.5 Å². The van der Waals surface area contributed by atoms with E-state index in [1.165, 1.54) is 38.5 Å². The highest BCUT2D eigenvalue weighted by atomic mass is 16.5. The molecule has 0 spiro atoms. The van der Waals surface area contributed by atoms with Crippen molar-refractivity contribution in [3.63, 3.8) is 0 Å². The number of hydrogen-bond donors (Lipinski definition) is 1. The highest BCUT2D eigenvalue weighted by Crippen LogP contribution is 2.19. The summed E-state index contributed by atoms with van der Waals surface area (Å²) in [6, 6.07) is 14.5. The Balaban J connectivity index is 1.56. The first-order chi connectivity index (χ1) is 14.2. The Labute approximate surface area is 174 Å². The van der Waals surface area contributed by atoms with Gasteiger partial charge in [-0.2, -0.15) is 0 Å². The molecule has 2 aromatic rings. The van der Waals surface area contributed by atoms with Crippen LogP contribution < -0.4 is 9.47 Å². The summed E-state index contributed by atoms with van der Waals surface area (Å²) in [6.45, 7) is 3.01. The minimum Gasteiger partial charge on any atom is -0.494 e. The van der Waals surface area contributed by atoms with Crippen LogP contribution in [0.15, 0.2) is 48.5 Å². The van der Waals surface area contributed by atoms with Crippen LogP contribution in [0.4, 0.5) is 0 Å². The Bertz CT molecular complexity index is 692. The van der Waals surface area contributed by atoms with Gasteiger partial charge >= 0.3 is 5.97 Å². The van der Waals surface area contributed by atoms with E-state index in [9.17, 15) is 4.79 Å². The Morgan fingerprint density at radius 2 is 1.24 bits per heavy atom. The molecule has 2 rings (SSSR count). The summed E-state index contributed by atoms with van der Waals surface area (Å²) in [5.41, 5.74) is 1.65. The zero-order valence-corrected chi connectivity index (χ0v) is 17.6. The van der Waals surface area contributed by atoms with E-state index < -0.39 is 0 Å². The molecule has 4 heteroatoms. The zero-order valence-electron chi connectivity index (χ0n) is 17.6. The third-order valence-electron chi connectivity index (χ3n) is 4.89. The molecule has 0 aliphatic rings. The molecule has 0 saturated carbocycles. The van der Waals surface area contributed by atoms with Crippen LogP contribution in [-0.4, -0.2) is 24.3 Å². The highest BCUT2D eigenvalue weighted by Gasteiger charge is 2.08. The lowest BCUT2D eigenvalue weighted by atomic mass is 10.1. The molecule has 0 saturated heterocycles. The van der Waals surface area contributed by atoms with E-state index in [0.717, 1.165) is 30.6 Å². The van der Waals surface area contributed by atoms with Gasteiger partial charge < -0.3 is 14.6 Å². The lowest BCUT2D eigenvalue weighted by Crippen LogP contribution is -2.08. The van der Waals surface area contributed by atoms with Crippen LogP contribution >= 0.6 is 0 Å². The number of aliphatic hydroxyl groups is 1. The van der Waals surface area contributed by atoms with E-state index in [2.05, 4.69) is 0 Å². The van der Waals surface area contributed by atoms with Gasteiger partial charge in [-0.05, 0) is 56.2 Å². The maximum Gasteiger partial charge on any atom is 0.343 e. The predicted molar refractivity (Wildman–Crippen MR) is 117 cm³/mol. The van der Waals surface area contributed by atoms with Crippen LogP contribution in [0.3, 0.4) is 0 Å². The van der Waals surface area contributed by atoms with Crippen molar-refractivity contribution < 1.29 is 19.4 Å². The summed E-state index contributed by atoms with van der Waals surface area (Å²) >= 11 is 0. The van der Waals surface area contributed by atoms with Crippen molar-refractivity contribution in [2.45, 2.75) is 64.7 Å². The summed E-state index contributed by atoms with van der Waals surface area (Å²) in [7, 11) is 0. The summed E-state index contributed by atoms with van der Waals surface area (Å²) in [5.74, 6) is 0.956. The number of ether oxygens (including phenoxy) is 2. The molecule has 0 heterocycles. The monoisotopic (exact) mass is 398 g/mol. The number of carbonyl (C=O) groups excluding carboxylic acids is 1. The molecule has 158 valence electrons. The fraction of sp³-hybridized carbons (Fsp3) is 0.480. The van der Waals surface area contributed by atoms with Crippen molar-refractivity contribution in [2.75, 3.05) is 13.2 Å². The van der Waals surface area contributed by atoms with Gasteiger partial charge in [-0.3, -0.25) is 0 Å². The number of esters is 1. The quantitative estimate of drug-likeness (QED) is 0.237. The first-order valence-electron chi connectivity index (χ1n) is 10.8. The Hall–Kier alpha value is -2.33. The van der Waals surface area contributed by atoms with Crippen LogP contribution in [0.1, 0.15) is 73.7 Å². The Morgan fingerprint density at radius 1 is 0.724 bits per heavy atom. The molecule has 0 aliphatic heterocycles. The first kappa shape index (κ1) is 23.0. The van der Waals surface area contributed by atoms with Crippen molar-refractivity contribution in [2.24, 2.45) is 0 Å². The van der Waals surface area contributed by atoms with Crippen molar-refractivity contribution in [3.05, 3.63) is 59.7 Å².